The molecule has 44 heavy (non-hydrogen) atoms. The third-order valence-electron chi connectivity index (χ3n) is 7.18. The van der Waals surface area contributed by atoms with Crippen LogP contribution in [0.5, 0.6) is 5.75 Å². The van der Waals surface area contributed by atoms with Crippen molar-refractivity contribution in [1.29, 1.82) is 0 Å². The Morgan fingerprint density at radius 1 is 1.23 bits per heavy atom. The number of aromatic nitrogens is 2. The maximum Gasteiger partial charge on any atom is 0.416 e. The molecular formula is C31H40F4N6O3. The SMILES string of the molecule is C=C(F)/C(=C\C(=C/C)C(F)(F)F)Nc1nc2cc(OC(/C=C(/NC(=O)CN3CCCC[C@H]3CO)N(C)C)=C/C)ccc2n1C. The van der Waals surface area contributed by atoms with E-state index in [2.05, 4.69) is 22.2 Å². The third kappa shape index (κ3) is 8.96. The fourth-order valence-electron chi connectivity index (χ4n) is 4.70. The van der Waals surface area contributed by atoms with Crippen LogP contribution in [0.15, 0.2) is 77.8 Å². The average Bonchev–Trinajstić information content (AvgIpc) is 3.27. The summed E-state index contributed by atoms with van der Waals surface area (Å²) in [4.78, 5) is 21.0. The van der Waals surface area contributed by atoms with Crippen LogP contribution in [0.2, 0.25) is 0 Å². The number of hydrogen-bond acceptors (Lipinski definition) is 7. The molecule has 0 unspecified atom stereocenters. The Morgan fingerprint density at radius 3 is 2.55 bits per heavy atom. The molecule has 9 nitrogen and oxygen atoms in total. The van der Waals surface area contributed by atoms with Crippen molar-refractivity contribution >= 4 is 22.9 Å². The highest BCUT2D eigenvalue weighted by Crippen LogP contribution is 2.30. The number of nitrogens with one attached hydrogen (secondary N) is 2. The maximum atomic E-state index is 14.1. The van der Waals surface area contributed by atoms with E-state index in [1.54, 1.807) is 67.9 Å². The van der Waals surface area contributed by atoms with Crippen LogP contribution in [0, 0.1) is 0 Å². The van der Waals surface area contributed by atoms with E-state index in [1.807, 2.05) is 4.90 Å². The second-order valence-corrected chi connectivity index (χ2v) is 10.5. The van der Waals surface area contributed by atoms with E-state index in [0.29, 0.717) is 34.4 Å². The summed E-state index contributed by atoms with van der Waals surface area (Å²) in [6.45, 7) is 7.06. The smallest absolute Gasteiger partial charge is 0.416 e. The molecule has 1 saturated heterocycles. The van der Waals surface area contributed by atoms with Crippen molar-refractivity contribution in [2.45, 2.75) is 45.3 Å². The van der Waals surface area contributed by atoms with Crippen LogP contribution in [0.3, 0.4) is 0 Å². The number of alkyl halides is 3. The second-order valence-electron chi connectivity index (χ2n) is 10.5. The molecular weight excluding hydrogens is 580 g/mol. The number of aliphatic hydroxyl groups is 1. The van der Waals surface area contributed by atoms with Gasteiger partial charge in [0.1, 0.15) is 23.2 Å². The molecule has 3 rings (SSSR count). The average molecular weight is 621 g/mol. The number of nitrogens with zero attached hydrogens (tertiary/aromatic N) is 4. The first-order valence-corrected chi connectivity index (χ1v) is 14.2. The van der Waals surface area contributed by atoms with E-state index in [1.165, 1.54) is 6.92 Å². The first-order valence-electron chi connectivity index (χ1n) is 14.2. The Morgan fingerprint density at radius 2 is 1.95 bits per heavy atom. The lowest BCUT2D eigenvalue weighted by Gasteiger charge is -2.34. The normalized spacial score (nSPS) is 17.5. The van der Waals surface area contributed by atoms with E-state index < -0.39 is 23.3 Å². The lowest BCUT2D eigenvalue weighted by molar-refractivity contribution is -0.123. The minimum Gasteiger partial charge on any atom is -0.458 e. The number of allylic oxidation sites excluding steroid dienone is 6. The summed E-state index contributed by atoms with van der Waals surface area (Å²) in [6.07, 6.45) is 3.07. The summed E-state index contributed by atoms with van der Waals surface area (Å²) >= 11 is 0. The predicted octanol–water partition coefficient (Wildman–Crippen LogP) is 5.51. The quantitative estimate of drug-likeness (QED) is 0.164. The van der Waals surface area contributed by atoms with Crippen molar-refractivity contribution < 1.29 is 32.2 Å². The number of ether oxygens (including phenoxy) is 1. The fourth-order valence-corrected chi connectivity index (χ4v) is 4.70. The molecule has 1 aromatic carbocycles. The number of likely N-dealkylation sites (tertiary alicyclic amines) is 1. The molecule has 1 atom stereocenters. The zero-order valence-corrected chi connectivity index (χ0v) is 25.6. The number of aryl methyl sites for hydroxylation is 1. The van der Waals surface area contributed by atoms with Gasteiger partial charge in [0.25, 0.3) is 0 Å². The number of carbonyl (C=O) groups is 1. The number of aliphatic hydroxyl groups excluding tert-OH is 1. The lowest BCUT2D eigenvalue weighted by Crippen LogP contribution is -2.47. The van der Waals surface area contributed by atoms with Crippen molar-refractivity contribution in [2.75, 3.05) is 39.1 Å². The van der Waals surface area contributed by atoms with Gasteiger partial charge in [0.2, 0.25) is 11.9 Å². The number of benzene rings is 1. The van der Waals surface area contributed by atoms with Gasteiger partial charge in [0.05, 0.1) is 35.5 Å². The molecule has 0 bridgehead atoms. The monoisotopic (exact) mass is 620 g/mol. The Hall–Kier alpha value is -4.10. The van der Waals surface area contributed by atoms with Crippen LogP contribution in [-0.2, 0) is 11.8 Å². The van der Waals surface area contributed by atoms with E-state index >= 15 is 0 Å². The van der Waals surface area contributed by atoms with E-state index in [4.69, 9.17) is 4.74 Å². The Bertz CT molecular complexity index is 1470. The number of anilines is 1. The van der Waals surface area contributed by atoms with Crippen LogP contribution in [-0.4, -0.2) is 76.4 Å². The van der Waals surface area contributed by atoms with Crippen LogP contribution in [0.25, 0.3) is 11.0 Å². The number of halogens is 4. The minimum absolute atomic E-state index is 0.0105. The largest absolute Gasteiger partial charge is 0.458 e. The van der Waals surface area contributed by atoms with Crippen LogP contribution >= 0.6 is 0 Å². The van der Waals surface area contributed by atoms with Crippen molar-refractivity contribution in [3.8, 4) is 5.75 Å². The van der Waals surface area contributed by atoms with Gasteiger partial charge in [0.15, 0.2) is 0 Å². The molecule has 1 amide bonds. The number of piperidine rings is 1. The van der Waals surface area contributed by atoms with Crippen molar-refractivity contribution in [3.05, 3.63) is 77.8 Å². The van der Waals surface area contributed by atoms with Crippen LogP contribution < -0.4 is 15.4 Å². The van der Waals surface area contributed by atoms with E-state index in [9.17, 15) is 27.5 Å². The molecule has 0 saturated carbocycles. The van der Waals surface area contributed by atoms with Gasteiger partial charge < -0.3 is 29.9 Å². The van der Waals surface area contributed by atoms with Gasteiger partial charge in [-0.2, -0.15) is 13.2 Å². The zero-order valence-electron chi connectivity index (χ0n) is 25.6. The number of amides is 1. The minimum atomic E-state index is -4.67. The Labute approximate surface area is 254 Å². The number of carbonyl (C=O) groups excluding carboxylic acids is 1. The van der Waals surface area contributed by atoms with Gasteiger partial charge in [-0.15, -0.1) is 0 Å². The van der Waals surface area contributed by atoms with E-state index in [0.717, 1.165) is 31.9 Å². The first-order chi connectivity index (χ1) is 20.8. The zero-order chi connectivity index (χ0) is 32.6. The molecule has 1 aliphatic heterocycles. The highest BCUT2D eigenvalue weighted by molar-refractivity contribution is 5.81. The van der Waals surface area contributed by atoms with Gasteiger partial charge in [-0.25, -0.2) is 9.37 Å². The Kier molecular flexibility index (Phi) is 11.8. The molecule has 3 N–H and O–H groups in total. The first kappa shape index (κ1) is 34.4. The Balaban J connectivity index is 1.80. The van der Waals surface area contributed by atoms with Gasteiger partial charge >= 0.3 is 6.18 Å². The maximum absolute atomic E-state index is 14.1. The summed E-state index contributed by atoms with van der Waals surface area (Å²) in [5.41, 5.74) is -0.450. The van der Waals surface area contributed by atoms with Gasteiger partial charge in [-0.1, -0.05) is 19.1 Å². The van der Waals surface area contributed by atoms with Crippen molar-refractivity contribution in [2.24, 2.45) is 7.05 Å². The van der Waals surface area contributed by atoms with Crippen molar-refractivity contribution in [3.63, 3.8) is 0 Å². The summed E-state index contributed by atoms with van der Waals surface area (Å²) in [7, 11) is 5.21. The predicted molar refractivity (Wildman–Crippen MR) is 163 cm³/mol. The van der Waals surface area contributed by atoms with Gasteiger partial charge in [0, 0.05) is 39.3 Å². The lowest BCUT2D eigenvalue weighted by atomic mass is 10.0. The van der Waals surface area contributed by atoms with Crippen molar-refractivity contribution in [1.82, 2.24) is 24.7 Å². The molecule has 2 aromatic rings. The molecule has 2 heterocycles. The van der Waals surface area contributed by atoms with Gasteiger partial charge in [-0.3, -0.25) is 9.69 Å². The summed E-state index contributed by atoms with van der Waals surface area (Å²) in [5.74, 6) is 0.142. The topological polar surface area (TPSA) is 94.9 Å². The number of rotatable bonds is 12. The summed E-state index contributed by atoms with van der Waals surface area (Å²) in [6, 6.07) is 5.01. The van der Waals surface area contributed by atoms with E-state index in [-0.39, 0.29) is 31.0 Å². The molecule has 1 aromatic heterocycles. The molecule has 0 aliphatic carbocycles. The van der Waals surface area contributed by atoms with Crippen LogP contribution in [0.1, 0.15) is 33.1 Å². The summed E-state index contributed by atoms with van der Waals surface area (Å²) < 4.78 is 61.5. The molecule has 13 heteroatoms. The molecule has 0 radical (unpaired) electrons. The fraction of sp³-hybridized carbons (Fsp3) is 0.419. The molecule has 240 valence electrons. The van der Waals surface area contributed by atoms with Gasteiger partial charge in [-0.05, 0) is 57.5 Å². The molecule has 1 fully saturated rings. The number of hydrogen-bond donors (Lipinski definition) is 3. The number of imidazole rings is 1. The second kappa shape index (κ2) is 15.1. The highest BCUT2D eigenvalue weighted by atomic mass is 19.4. The molecule has 1 aliphatic rings. The highest BCUT2D eigenvalue weighted by Gasteiger charge is 2.32. The summed E-state index contributed by atoms with van der Waals surface area (Å²) in [5, 5.41) is 15.2. The third-order valence-corrected chi connectivity index (χ3v) is 7.18. The molecule has 0 spiro atoms. The number of fused-ring (bicyclic) bond motifs is 1. The standard InChI is InChI=1S/C31H40F4N6O3/c1-7-21(31(33,34)35)15-25(20(3)32)36-30-37-26-16-24(12-13-27(26)40(30)6)44-23(8-2)17-28(39(4)5)38-29(43)18-41-14-10-9-11-22(41)19-42/h7-8,12-13,15-17,22,42H,3,9-11,14,18-19H2,1-2,4-6H3,(H,36,37)(H,38,43)/b21-7+,23-8+,25-15+,28-17-/t22-/m0/s1. The van der Waals surface area contributed by atoms with Crippen LogP contribution in [0.4, 0.5) is 23.5 Å².